The van der Waals surface area contributed by atoms with E-state index in [1.54, 1.807) is 36.4 Å². The van der Waals surface area contributed by atoms with Gasteiger partial charge in [0, 0.05) is 10.7 Å². The number of nitrogens with one attached hydrogen (secondary N) is 1. The van der Waals surface area contributed by atoms with Crippen molar-refractivity contribution < 1.29 is 13.2 Å². The molecule has 0 radical (unpaired) electrons. The Bertz CT molecular complexity index is 1070. The molecule has 0 aromatic heterocycles. The first-order valence-electron chi connectivity index (χ1n) is 10.7. The van der Waals surface area contributed by atoms with E-state index in [9.17, 15) is 13.2 Å². The third-order valence-corrected chi connectivity index (χ3v) is 7.86. The van der Waals surface area contributed by atoms with Gasteiger partial charge >= 0.3 is 0 Å². The fourth-order valence-corrected chi connectivity index (χ4v) is 5.52. The molecule has 0 aliphatic heterocycles. The molecule has 32 heavy (non-hydrogen) atoms. The first-order valence-corrected chi connectivity index (χ1v) is 12.6. The molecular formula is C24H30ClN3O3S. The number of sulfonamides is 1. The number of nitrogens with zero attached hydrogens (tertiary/aromatic N) is 2. The fraction of sp³-hybridized carbons (Fsp3) is 0.417. The molecule has 1 fully saturated rings. The predicted molar refractivity (Wildman–Crippen MR) is 129 cm³/mol. The SMILES string of the molecule is CC(C)(C)C1CCC(=NNC(=O)CN(c2cccc(Cl)c2)S(=O)(=O)c2ccccc2)CC1. The summed E-state index contributed by atoms with van der Waals surface area (Å²) >= 11 is 6.08. The molecule has 3 rings (SSSR count). The van der Waals surface area contributed by atoms with Crippen LogP contribution in [0.4, 0.5) is 5.69 Å². The molecule has 172 valence electrons. The molecule has 6 nitrogen and oxygen atoms in total. The van der Waals surface area contributed by atoms with Crippen LogP contribution in [0.25, 0.3) is 0 Å². The zero-order chi connectivity index (χ0) is 23.4. The minimum absolute atomic E-state index is 0.0968. The van der Waals surface area contributed by atoms with Crippen molar-refractivity contribution in [3.05, 3.63) is 59.6 Å². The molecule has 0 atom stereocenters. The molecule has 0 saturated heterocycles. The lowest BCUT2D eigenvalue weighted by Gasteiger charge is -2.34. The Morgan fingerprint density at radius 3 is 2.34 bits per heavy atom. The number of carbonyl (C=O) groups is 1. The topological polar surface area (TPSA) is 78.8 Å². The smallest absolute Gasteiger partial charge is 0.264 e. The second-order valence-electron chi connectivity index (χ2n) is 9.16. The van der Waals surface area contributed by atoms with E-state index in [2.05, 4.69) is 31.3 Å². The summed E-state index contributed by atoms with van der Waals surface area (Å²) in [6.07, 6.45) is 3.75. The van der Waals surface area contributed by atoms with Gasteiger partial charge in [-0.1, -0.05) is 56.6 Å². The third-order valence-electron chi connectivity index (χ3n) is 5.84. The van der Waals surface area contributed by atoms with Gasteiger partial charge in [0.1, 0.15) is 6.54 Å². The summed E-state index contributed by atoms with van der Waals surface area (Å²) in [5, 5.41) is 4.67. The van der Waals surface area contributed by atoms with E-state index >= 15 is 0 Å². The molecule has 2 aromatic rings. The van der Waals surface area contributed by atoms with Gasteiger partial charge in [-0.05, 0) is 67.3 Å². The number of hydrogen-bond donors (Lipinski definition) is 1. The van der Waals surface area contributed by atoms with Crippen molar-refractivity contribution in [3.63, 3.8) is 0 Å². The second kappa shape index (κ2) is 10.0. The highest BCUT2D eigenvalue weighted by molar-refractivity contribution is 7.92. The molecule has 0 spiro atoms. The van der Waals surface area contributed by atoms with Gasteiger partial charge in [0.15, 0.2) is 0 Å². The Morgan fingerprint density at radius 1 is 1.09 bits per heavy atom. The van der Waals surface area contributed by atoms with Gasteiger partial charge in [-0.15, -0.1) is 0 Å². The summed E-state index contributed by atoms with van der Waals surface area (Å²) in [5.74, 6) is 0.126. The summed E-state index contributed by atoms with van der Waals surface area (Å²) in [7, 11) is -3.97. The van der Waals surface area contributed by atoms with Crippen molar-refractivity contribution in [1.82, 2.24) is 5.43 Å². The summed E-state index contributed by atoms with van der Waals surface area (Å²) in [5.41, 5.74) is 4.07. The number of hydrazone groups is 1. The highest BCUT2D eigenvalue weighted by Crippen LogP contribution is 2.36. The highest BCUT2D eigenvalue weighted by atomic mass is 35.5. The Kier molecular flexibility index (Phi) is 7.62. The predicted octanol–water partition coefficient (Wildman–Crippen LogP) is 5.24. The van der Waals surface area contributed by atoms with E-state index < -0.39 is 22.5 Å². The van der Waals surface area contributed by atoms with Crippen LogP contribution in [-0.4, -0.2) is 26.6 Å². The van der Waals surface area contributed by atoms with Gasteiger partial charge in [0.2, 0.25) is 0 Å². The average Bonchev–Trinajstić information content (AvgIpc) is 2.76. The van der Waals surface area contributed by atoms with Crippen molar-refractivity contribution in [2.45, 2.75) is 51.3 Å². The molecule has 1 amide bonds. The summed E-state index contributed by atoms with van der Waals surface area (Å²) in [6.45, 7) is 6.34. The third kappa shape index (κ3) is 6.11. The number of carbonyl (C=O) groups excluding carboxylic acids is 1. The lowest BCUT2D eigenvalue weighted by molar-refractivity contribution is -0.119. The molecule has 8 heteroatoms. The van der Waals surface area contributed by atoms with E-state index in [0.717, 1.165) is 35.7 Å². The summed E-state index contributed by atoms with van der Waals surface area (Å²) < 4.78 is 27.6. The number of amides is 1. The maximum Gasteiger partial charge on any atom is 0.264 e. The Labute approximate surface area is 195 Å². The molecule has 0 unspecified atom stereocenters. The van der Waals surface area contributed by atoms with Crippen LogP contribution >= 0.6 is 11.6 Å². The Morgan fingerprint density at radius 2 is 1.75 bits per heavy atom. The minimum Gasteiger partial charge on any atom is -0.271 e. The maximum absolute atomic E-state index is 13.3. The molecule has 0 bridgehead atoms. The average molecular weight is 476 g/mol. The van der Waals surface area contributed by atoms with Gasteiger partial charge in [0.05, 0.1) is 10.6 Å². The van der Waals surface area contributed by atoms with Crippen LogP contribution in [0, 0.1) is 11.3 Å². The summed E-state index contributed by atoms with van der Waals surface area (Å²) in [6, 6.07) is 14.5. The molecule has 1 aliphatic carbocycles. The molecule has 2 aromatic carbocycles. The lowest BCUT2D eigenvalue weighted by atomic mass is 9.72. The van der Waals surface area contributed by atoms with E-state index in [-0.39, 0.29) is 10.3 Å². The van der Waals surface area contributed by atoms with Gasteiger partial charge in [0.25, 0.3) is 15.9 Å². The quantitative estimate of drug-likeness (QED) is 0.580. The van der Waals surface area contributed by atoms with Crippen molar-refractivity contribution >= 4 is 38.9 Å². The minimum atomic E-state index is -3.97. The zero-order valence-electron chi connectivity index (χ0n) is 18.7. The van der Waals surface area contributed by atoms with Gasteiger partial charge < -0.3 is 0 Å². The van der Waals surface area contributed by atoms with E-state index in [1.807, 2.05) is 0 Å². The van der Waals surface area contributed by atoms with E-state index in [1.165, 1.54) is 18.2 Å². The van der Waals surface area contributed by atoms with E-state index in [0.29, 0.717) is 16.6 Å². The van der Waals surface area contributed by atoms with Crippen LogP contribution in [0.5, 0.6) is 0 Å². The number of halogens is 1. The van der Waals surface area contributed by atoms with Gasteiger partial charge in [-0.25, -0.2) is 13.8 Å². The Balaban J connectivity index is 1.75. The number of rotatable bonds is 6. The van der Waals surface area contributed by atoms with Crippen LogP contribution in [0.1, 0.15) is 46.5 Å². The summed E-state index contributed by atoms with van der Waals surface area (Å²) in [4.78, 5) is 12.8. The van der Waals surface area contributed by atoms with Gasteiger partial charge in [-0.2, -0.15) is 5.10 Å². The number of hydrogen-bond acceptors (Lipinski definition) is 4. The number of anilines is 1. The van der Waals surface area contributed by atoms with E-state index in [4.69, 9.17) is 11.6 Å². The van der Waals surface area contributed by atoms with Gasteiger partial charge in [-0.3, -0.25) is 9.10 Å². The second-order valence-corrected chi connectivity index (χ2v) is 11.5. The van der Waals surface area contributed by atoms with Crippen molar-refractivity contribution in [2.24, 2.45) is 16.4 Å². The molecule has 1 N–H and O–H groups in total. The van der Waals surface area contributed by atoms with Crippen LogP contribution in [0.15, 0.2) is 64.6 Å². The first-order chi connectivity index (χ1) is 15.1. The fourth-order valence-electron chi connectivity index (χ4n) is 3.90. The Hall–Kier alpha value is -2.38. The highest BCUT2D eigenvalue weighted by Gasteiger charge is 2.29. The molecule has 0 heterocycles. The normalized spacial score (nSPS) is 17.0. The monoisotopic (exact) mass is 475 g/mol. The van der Waals surface area contributed by atoms with Crippen LogP contribution < -0.4 is 9.73 Å². The zero-order valence-corrected chi connectivity index (χ0v) is 20.3. The van der Waals surface area contributed by atoms with Crippen LogP contribution in [0.2, 0.25) is 5.02 Å². The number of benzene rings is 2. The largest absolute Gasteiger partial charge is 0.271 e. The van der Waals surface area contributed by atoms with Crippen molar-refractivity contribution in [2.75, 3.05) is 10.8 Å². The maximum atomic E-state index is 13.3. The van der Waals surface area contributed by atoms with Crippen molar-refractivity contribution in [1.29, 1.82) is 0 Å². The van der Waals surface area contributed by atoms with Crippen LogP contribution in [0.3, 0.4) is 0 Å². The molecule has 1 saturated carbocycles. The lowest BCUT2D eigenvalue weighted by Crippen LogP contribution is -2.40. The first kappa shape index (κ1) is 24.3. The molecule has 1 aliphatic rings. The molecular weight excluding hydrogens is 446 g/mol. The standard InChI is InChI=1S/C24H30ClN3O3S/c1-24(2,3)18-12-14-20(15-13-18)26-27-23(29)17-28(21-9-7-8-19(25)16-21)32(30,31)22-10-5-4-6-11-22/h4-11,16,18H,12-15,17H2,1-3H3,(H,27,29). The van der Waals surface area contributed by atoms with Crippen molar-refractivity contribution in [3.8, 4) is 0 Å². The van der Waals surface area contributed by atoms with Crippen LogP contribution in [-0.2, 0) is 14.8 Å².